The number of pyridine rings is 2. The molecule has 212 valence electrons. The van der Waals surface area contributed by atoms with Gasteiger partial charge in [-0.1, -0.05) is 11.6 Å². The van der Waals surface area contributed by atoms with Crippen molar-refractivity contribution in [3.8, 4) is 22.9 Å². The first-order chi connectivity index (χ1) is 19.8. The van der Waals surface area contributed by atoms with Gasteiger partial charge in [0, 0.05) is 61.6 Å². The summed E-state index contributed by atoms with van der Waals surface area (Å²) in [6.45, 7) is 0.141. The van der Waals surface area contributed by atoms with Gasteiger partial charge >= 0.3 is 0 Å². The number of methoxy groups -OCH3 is 2. The number of Topliss-reactive ketones (excluding diaryl/α,β-unsaturated/α-hetero) is 2. The zero-order chi connectivity index (χ0) is 29.5. The predicted octanol–water partition coefficient (Wildman–Crippen LogP) is 4.04. The standard InChI is InChI=1S/C30H29ClN4O6/c1-40-11-8-25(28(38)13-19-7-9-35-26(12-19)24(17-33-35)27(37)4-3-10-36)34-18-29(41-2)23(15-30(34)39)22-14-21(31)6-5-20(22)16-32/h5-7,9,12,14-15,17-18,25,36H,3-4,8,10-11,13H2,1-2H3. The second-order valence-electron chi connectivity index (χ2n) is 9.42. The van der Waals surface area contributed by atoms with Crippen molar-refractivity contribution in [2.24, 2.45) is 0 Å². The van der Waals surface area contributed by atoms with E-state index in [1.54, 1.807) is 41.0 Å². The van der Waals surface area contributed by atoms with E-state index in [0.717, 1.165) is 0 Å². The number of ether oxygens (including phenoxy) is 2. The van der Waals surface area contributed by atoms with Gasteiger partial charge in [0.15, 0.2) is 11.6 Å². The molecule has 0 radical (unpaired) electrons. The molecular weight excluding hydrogens is 548 g/mol. The summed E-state index contributed by atoms with van der Waals surface area (Å²) >= 11 is 6.17. The molecule has 4 aromatic rings. The number of ketones is 2. The molecule has 11 heteroatoms. The van der Waals surface area contributed by atoms with Crippen LogP contribution in [0.15, 0.2) is 59.8 Å². The van der Waals surface area contributed by atoms with E-state index < -0.39 is 11.6 Å². The van der Waals surface area contributed by atoms with Crippen LogP contribution in [0.4, 0.5) is 0 Å². The van der Waals surface area contributed by atoms with Crippen LogP contribution in [0.1, 0.15) is 46.8 Å². The van der Waals surface area contributed by atoms with Gasteiger partial charge in [-0.05, 0) is 48.7 Å². The molecule has 0 fully saturated rings. The number of rotatable bonds is 13. The van der Waals surface area contributed by atoms with E-state index in [2.05, 4.69) is 11.2 Å². The Morgan fingerprint density at radius 3 is 2.68 bits per heavy atom. The maximum atomic E-state index is 13.7. The van der Waals surface area contributed by atoms with Gasteiger partial charge in [-0.2, -0.15) is 10.4 Å². The molecule has 3 heterocycles. The van der Waals surface area contributed by atoms with Gasteiger partial charge in [-0.3, -0.25) is 14.4 Å². The molecule has 4 rings (SSSR count). The highest BCUT2D eigenvalue weighted by atomic mass is 35.5. The van der Waals surface area contributed by atoms with E-state index in [1.807, 2.05) is 0 Å². The minimum absolute atomic E-state index is 0.0102. The Morgan fingerprint density at radius 1 is 1.17 bits per heavy atom. The minimum atomic E-state index is -0.869. The summed E-state index contributed by atoms with van der Waals surface area (Å²) in [5, 5.41) is 23.3. The van der Waals surface area contributed by atoms with Crippen molar-refractivity contribution < 1.29 is 24.2 Å². The Bertz CT molecular complexity index is 1690. The summed E-state index contributed by atoms with van der Waals surface area (Å²) < 4.78 is 13.7. The number of aliphatic hydroxyl groups is 1. The van der Waals surface area contributed by atoms with Crippen molar-refractivity contribution >= 4 is 28.7 Å². The zero-order valence-electron chi connectivity index (χ0n) is 22.7. The molecule has 0 aliphatic carbocycles. The number of hydrogen-bond acceptors (Lipinski definition) is 8. The molecule has 1 aromatic carbocycles. The number of aliphatic hydroxyl groups excluding tert-OH is 1. The van der Waals surface area contributed by atoms with Crippen LogP contribution >= 0.6 is 11.6 Å². The second kappa shape index (κ2) is 13.4. The van der Waals surface area contributed by atoms with Crippen molar-refractivity contribution in [1.82, 2.24) is 14.2 Å². The molecule has 0 amide bonds. The maximum Gasteiger partial charge on any atom is 0.252 e. The number of nitriles is 1. The Hall–Kier alpha value is -4.30. The van der Waals surface area contributed by atoms with Gasteiger partial charge in [0.2, 0.25) is 0 Å². The molecule has 0 bridgehead atoms. The van der Waals surface area contributed by atoms with Crippen LogP contribution in [-0.2, 0) is 16.0 Å². The highest BCUT2D eigenvalue weighted by molar-refractivity contribution is 6.31. The number of fused-ring (bicyclic) bond motifs is 1. The van der Waals surface area contributed by atoms with Crippen molar-refractivity contribution in [1.29, 1.82) is 5.26 Å². The lowest BCUT2D eigenvalue weighted by atomic mass is 9.98. The van der Waals surface area contributed by atoms with E-state index in [4.69, 9.17) is 26.2 Å². The number of halogens is 1. The highest BCUT2D eigenvalue weighted by Gasteiger charge is 2.24. The van der Waals surface area contributed by atoms with Crippen LogP contribution in [0.2, 0.25) is 5.02 Å². The summed E-state index contributed by atoms with van der Waals surface area (Å²) in [5.41, 5.74) is 2.32. The summed E-state index contributed by atoms with van der Waals surface area (Å²) in [4.78, 5) is 39.7. The Labute approximate surface area is 241 Å². The third-order valence-corrected chi connectivity index (χ3v) is 7.02. The SMILES string of the molecule is COCCC(C(=O)Cc1ccn2ncc(C(=O)CCCO)c2c1)n1cc(OC)c(-c2cc(Cl)ccc2C#N)cc1=O. The number of benzene rings is 1. The summed E-state index contributed by atoms with van der Waals surface area (Å²) in [7, 11) is 2.95. The van der Waals surface area contributed by atoms with E-state index in [1.165, 1.54) is 37.2 Å². The monoisotopic (exact) mass is 576 g/mol. The molecule has 0 saturated carbocycles. The molecule has 0 aliphatic heterocycles. The quantitative estimate of drug-likeness (QED) is 0.236. The number of carbonyl (C=O) groups excluding carboxylic acids is 2. The molecule has 0 saturated heterocycles. The van der Waals surface area contributed by atoms with Gasteiger partial charge in [0.05, 0.1) is 48.3 Å². The first kappa shape index (κ1) is 29.7. The molecule has 3 aromatic heterocycles. The summed E-state index contributed by atoms with van der Waals surface area (Å²) in [6.07, 6.45) is 5.38. The first-order valence-corrected chi connectivity index (χ1v) is 13.3. The van der Waals surface area contributed by atoms with E-state index in [9.17, 15) is 19.6 Å². The number of hydrogen-bond donors (Lipinski definition) is 1. The van der Waals surface area contributed by atoms with Crippen molar-refractivity contribution in [2.45, 2.75) is 31.7 Å². The molecule has 0 aliphatic rings. The van der Waals surface area contributed by atoms with Gasteiger partial charge in [0.25, 0.3) is 5.56 Å². The number of nitrogens with zero attached hydrogens (tertiary/aromatic N) is 4. The van der Waals surface area contributed by atoms with Crippen LogP contribution < -0.4 is 10.3 Å². The van der Waals surface area contributed by atoms with E-state index in [0.29, 0.717) is 50.5 Å². The van der Waals surface area contributed by atoms with Crippen LogP contribution in [-0.4, -0.2) is 58.3 Å². The fourth-order valence-electron chi connectivity index (χ4n) is 4.71. The van der Waals surface area contributed by atoms with Crippen LogP contribution in [0.25, 0.3) is 16.6 Å². The average Bonchev–Trinajstić information content (AvgIpc) is 3.40. The van der Waals surface area contributed by atoms with Crippen LogP contribution in [0.3, 0.4) is 0 Å². The predicted molar refractivity (Wildman–Crippen MR) is 152 cm³/mol. The third-order valence-electron chi connectivity index (χ3n) is 6.79. The van der Waals surface area contributed by atoms with Crippen molar-refractivity contribution in [2.75, 3.05) is 27.4 Å². The maximum absolute atomic E-state index is 13.7. The Kier molecular flexibility index (Phi) is 9.68. The van der Waals surface area contributed by atoms with E-state index in [-0.39, 0.29) is 44.0 Å². The van der Waals surface area contributed by atoms with Crippen molar-refractivity contribution in [3.05, 3.63) is 87.1 Å². The Balaban J connectivity index is 1.70. The lowest BCUT2D eigenvalue weighted by molar-refractivity contribution is -0.122. The molecule has 41 heavy (non-hydrogen) atoms. The third kappa shape index (κ3) is 6.55. The molecule has 1 N–H and O–H groups in total. The number of carbonyl (C=O) groups is 2. The summed E-state index contributed by atoms with van der Waals surface area (Å²) in [5.74, 6) is -0.0877. The van der Waals surface area contributed by atoms with Gasteiger partial charge < -0.3 is 19.1 Å². The smallest absolute Gasteiger partial charge is 0.252 e. The largest absolute Gasteiger partial charge is 0.495 e. The molecular formula is C30H29ClN4O6. The number of aromatic nitrogens is 3. The van der Waals surface area contributed by atoms with Crippen LogP contribution in [0, 0.1) is 11.3 Å². The van der Waals surface area contributed by atoms with Gasteiger partial charge in [-0.25, -0.2) is 4.52 Å². The fourth-order valence-corrected chi connectivity index (χ4v) is 4.88. The van der Waals surface area contributed by atoms with Crippen molar-refractivity contribution in [3.63, 3.8) is 0 Å². The minimum Gasteiger partial charge on any atom is -0.495 e. The topological polar surface area (TPSA) is 136 Å². The summed E-state index contributed by atoms with van der Waals surface area (Å²) in [6, 6.07) is 10.8. The molecule has 1 unspecified atom stereocenters. The van der Waals surface area contributed by atoms with Crippen LogP contribution in [0.5, 0.6) is 5.75 Å². The fraction of sp³-hybridized carbons (Fsp3) is 0.300. The lowest BCUT2D eigenvalue weighted by Crippen LogP contribution is -2.31. The van der Waals surface area contributed by atoms with E-state index >= 15 is 0 Å². The average molecular weight is 577 g/mol. The Morgan fingerprint density at radius 2 is 1.98 bits per heavy atom. The van der Waals surface area contributed by atoms with Gasteiger partial charge in [0.1, 0.15) is 5.75 Å². The first-order valence-electron chi connectivity index (χ1n) is 12.9. The molecule has 10 nitrogen and oxygen atoms in total. The van der Waals surface area contributed by atoms with Gasteiger partial charge in [-0.15, -0.1) is 0 Å². The zero-order valence-corrected chi connectivity index (χ0v) is 23.4. The second-order valence-corrected chi connectivity index (χ2v) is 9.85. The lowest BCUT2D eigenvalue weighted by Gasteiger charge is -2.21. The highest BCUT2D eigenvalue weighted by Crippen LogP contribution is 2.33. The molecule has 1 atom stereocenters. The normalized spacial score (nSPS) is 11.8. The molecule has 0 spiro atoms.